The zero-order valence-electron chi connectivity index (χ0n) is 11.0. The molecule has 1 aromatic carbocycles. The van der Waals surface area contributed by atoms with Crippen molar-refractivity contribution in [3.63, 3.8) is 0 Å². The number of carbonyl (C=O) groups excluding carboxylic acids is 1. The Balaban J connectivity index is 2.14. The SMILES string of the molecule is CC1CCNC(C)C1NC(=O)c1cc(Cl)ccc1I. The van der Waals surface area contributed by atoms with E-state index in [0.717, 1.165) is 16.5 Å². The van der Waals surface area contributed by atoms with Crippen LogP contribution < -0.4 is 10.6 Å². The van der Waals surface area contributed by atoms with Crippen molar-refractivity contribution in [2.75, 3.05) is 6.54 Å². The van der Waals surface area contributed by atoms with E-state index in [1.165, 1.54) is 0 Å². The van der Waals surface area contributed by atoms with Crippen molar-refractivity contribution in [1.82, 2.24) is 10.6 Å². The lowest BCUT2D eigenvalue weighted by Crippen LogP contribution is -2.56. The Kier molecular flexibility index (Phi) is 5.09. The average Bonchev–Trinajstić information content (AvgIpc) is 2.37. The van der Waals surface area contributed by atoms with Crippen LogP contribution in [0, 0.1) is 9.49 Å². The highest BCUT2D eigenvalue weighted by molar-refractivity contribution is 14.1. The quantitative estimate of drug-likeness (QED) is 0.760. The number of amides is 1. The van der Waals surface area contributed by atoms with E-state index in [2.05, 4.69) is 47.1 Å². The molecule has 1 heterocycles. The molecule has 3 nitrogen and oxygen atoms in total. The van der Waals surface area contributed by atoms with Crippen molar-refractivity contribution in [3.8, 4) is 0 Å². The number of piperidine rings is 1. The fourth-order valence-corrected chi connectivity index (χ4v) is 3.26. The number of hydrogen-bond donors (Lipinski definition) is 2. The highest BCUT2D eigenvalue weighted by atomic mass is 127. The smallest absolute Gasteiger partial charge is 0.252 e. The number of nitrogens with one attached hydrogen (secondary N) is 2. The summed E-state index contributed by atoms with van der Waals surface area (Å²) in [7, 11) is 0. The molecular formula is C14H18ClIN2O. The first-order valence-corrected chi connectivity index (χ1v) is 7.94. The highest BCUT2D eigenvalue weighted by Crippen LogP contribution is 2.20. The van der Waals surface area contributed by atoms with Crippen LogP contribution in [-0.2, 0) is 0 Å². The third-order valence-corrected chi connectivity index (χ3v) is 4.86. The van der Waals surface area contributed by atoms with Crippen molar-refractivity contribution < 1.29 is 4.79 Å². The van der Waals surface area contributed by atoms with Crippen LogP contribution in [0.4, 0.5) is 0 Å². The van der Waals surface area contributed by atoms with Gasteiger partial charge in [-0.1, -0.05) is 18.5 Å². The zero-order chi connectivity index (χ0) is 14.0. The zero-order valence-corrected chi connectivity index (χ0v) is 14.0. The summed E-state index contributed by atoms with van der Waals surface area (Å²) >= 11 is 8.13. The Morgan fingerprint density at radius 2 is 2.21 bits per heavy atom. The summed E-state index contributed by atoms with van der Waals surface area (Å²) in [5.74, 6) is 0.441. The first-order valence-electron chi connectivity index (χ1n) is 6.48. The number of carbonyl (C=O) groups is 1. The third kappa shape index (κ3) is 3.61. The van der Waals surface area contributed by atoms with Gasteiger partial charge in [-0.2, -0.15) is 0 Å². The van der Waals surface area contributed by atoms with E-state index in [1.54, 1.807) is 12.1 Å². The maximum absolute atomic E-state index is 12.4. The molecule has 1 amide bonds. The van der Waals surface area contributed by atoms with Crippen molar-refractivity contribution in [3.05, 3.63) is 32.4 Å². The summed E-state index contributed by atoms with van der Waals surface area (Å²) in [5.41, 5.74) is 0.651. The molecule has 19 heavy (non-hydrogen) atoms. The van der Waals surface area contributed by atoms with E-state index in [0.29, 0.717) is 22.5 Å². The van der Waals surface area contributed by atoms with Crippen LogP contribution in [0.3, 0.4) is 0 Å². The van der Waals surface area contributed by atoms with Gasteiger partial charge in [0.25, 0.3) is 5.91 Å². The van der Waals surface area contributed by atoms with E-state index in [-0.39, 0.29) is 11.9 Å². The molecule has 104 valence electrons. The summed E-state index contributed by atoms with van der Waals surface area (Å²) in [6, 6.07) is 5.85. The van der Waals surface area contributed by atoms with Crippen molar-refractivity contribution >= 4 is 40.1 Å². The van der Waals surface area contributed by atoms with Crippen molar-refractivity contribution in [1.29, 1.82) is 0 Å². The molecule has 0 aromatic heterocycles. The summed E-state index contributed by atoms with van der Waals surface area (Å²) in [5, 5.41) is 7.13. The van der Waals surface area contributed by atoms with Gasteiger partial charge in [-0.3, -0.25) is 4.79 Å². The van der Waals surface area contributed by atoms with Gasteiger partial charge in [0.05, 0.1) is 5.56 Å². The summed E-state index contributed by atoms with van der Waals surface area (Å²) in [6.07, 6.45) is 1.09. The van der Waals surface area contributed by atoms with E-state index in [9.17, 15) is 4.79 Å². The van der Waals surface area contributed by atoms with Gasteiger partial charge in [0.1, 0.15) is 0 Å². The lowest BCUT2D eigenvalue weighted by molar-refractivity contribution is 0.0896. The Hall–Kier alpha value is -0.330. The fourth-order valence-electron chi connectivity index (χ4n) is 2.51. The van der Waals surface area contributed by atoms with Crippen LogP contribution in [0.15, 0.2) is 18.2 Å². The van der Waals surface area contributed by atoms with Gasteiger partial charge in [-0.25, -0.2) is 0 Å². The minimum Gasteiger partial charge on any atom is -0.347 e. The third-order valence-electron chi connectivity index (χ3n) is 3.69. The molecule has 0 aliphatic carbocycles. The molecule has 3 atom stereocenters. The standard InChI is InChI=1S/C14H18ClIN2O/c1-8-5-6-17-9(2)13(8)18-14(19)11-7-10(15)3-4-12(11)16/h3-4,7-9,13,17H,5-6H2,1-2H3,(H,18,19). The summed E-state index contributed by atoms with van der Waals surface area (Å²) in [4.78, 5) is 12.4. The monoisotopic (exact) mass is 392 g/mol. The number of benzene rings is 1. The molecule has 0 spiro atoms. The molecular weight excluding hydrogens is 375 g/mol. The first kappa shape index (κ1) is 15.1. The van der Waals surface area contributed by atoms with Crippen LogP contribution in [0.1, 0.15) is 30.6 Å². The Morgan fingerprint density at radius 3 is 2.89 bits per heavy atom. The molecule has 2 rings (SSSR count). The first-order chi connectivity index (χ1) is 8.99. The Labute approximate surface area is 132 Å². The lowest BCUT2D eigenvalue weighted by Gasteiger charge is -2.36. The summed E-state index contributed by atoms with van der Waals surface area (Å²) in [6.45, 7) is 5.32. The molecule has 0 bridgehead atoms. The van der Waals surface area contributed by atoms with E-state index < -0.39 is 0 Å². The van der Waals surface area contributed by atoms with Gasteiger partial charge < -0.3 is 10.6 Å². The van der Waals surface area contributed by atoms with Gasteiger partial charge in [0, 0.05) is 20.7 Å². The molecule has 0 radical (unpaired) electrons. The Bertz CT molecular complexity index is 471. The molecule has 0 saturated carbocycles. The van der Waals surface area contributed by atoms with Gasteiger partial charge in [-0.15, -0.1) is 0 Å². The van der Waals surface area contributed by atoms with Crippen molar-refractivity contribution in [2.24, 2.45) is 5.92 Å². The summed E-state index contributed by atoms with van der Waals surface area (Å²) < 4.78 is 0.920. The topological polar surface area (TPSA) is 41.1 Å². The maximum atomic E-state index is 12.4. The maximum Gasteiger partial charge on any atom is 0.252 e. The molecule has 1 aliphatic rings. The van der Waals surface area contributed by atoms with Crippen LogP contribution in [0.2, 0.25) is 5.02 Å². The minimum atomic E-state index is -0.0423. The van der Waals surface area contributed by atoms with Crippen LogP contribution in [-0.4, -0.2) is 24.5 Å². The van der Waals surface area contributed by atoms with Gasteiger partial charge in [0.15, 0.2) is 0 Å². The molecule has 1 saturated heterocycles. The average molecular weight is 393 g/mol. The van der Waals surface area contributed by atoms with Crippen molar-refractivity contribution in [2.45, 2.75) is 32.4 Å². The number of rotatable bonds is 2. The second-order valence-corrected chi connectivity index (χ2v) is 6.73. The van der Waals surface area contributed by atoms with Gasteiger partial charge in [0.2, 0.25) is 0 Å². The van der Waals surface area contributed by atoms with Crippen LogP contribution in [0.5, 0.6) is 0 Å². The molecule has 2 N–H and O–H groups in total. The largest absolute Gasteiger partial charge is 0.347 e. The lowest BCUT2D eigenvalue weighted by atomic mass is 9.89. The number of hydrogen-bond acceptors (Lipinski definition) is 2. The second kappa shape index (κ2) is 6.41. The second-order valence-electron chi connectivity index (χ2n) is 5.13. The fraction of sp³-hybridized carbons (Fsp3) is 0.500. The molecule has 3 unspecified atom stereocenters. The molecule has 1 aromatic rings. The normalized spacial score (nSPS) is 27.1. The van der Waals surface area contributed by atoms with Crippen LogP contribution in [0.25, 0.3) is 0 Å². The predicted octanol–water partition coefficient (Wildman–Crippen LogP) is 3.06. The molecule has 5 heteroatoms. The number of halogens is 2. The Morgan fingerprint density at radius 1 is 1.47 bits per heavy atom. The molecule has 1 aliphatic heterocycles. The van der Waals surface area contributed by atoms with E-state index in [1.807, 2.05) is 6.07 Å². The minimum absolute atomic E-state index is 0.0423. The molecule has 1 fully saturated rings. The predicted molar refractivity (Wildman–Crippen MR) is 86.7 cm³/mol. The van der Waals surface area contributed by atoms with Gasteiger partial charge in [-0.05, 0) is 66.6 Å². The van der Waals surface area contributed by atoms with Crippen LogP contribution >= 0.6 is 34.2 Å². The van der Waals surface area contributed by atoms with E-state index >= 15 is 0 Å². The highest BCUT2D eigenvalue weighted by Gasteiger charge is 2.29. The van der Waals surface area contributed by atoms with E-state index in [4.69, 9.17) is 11.6 Å². The van der Waals surface area contributed by atoms with Gasteiger partial charge >= 0.3 is 0 Å².